The normalized spacial score (nSPS) is 25.3. The first-order valence-electron chi connectivity index (χ1n) is 7.50. The third-order valence-electron chi connectivity index (χ3n) is 4.48. The first kappa shape index (κ1) is 15.5. The van der Waals surface area contributed by atoms with E-state index >= 15 is 0 Å². The monoisotopic (exact) mass is 289 g/mol. The van der Waals surface area contributed by atoms with Crippen molar-refractivity contribution < 1.29 is 14.7 Å². The zero-order chi connectivity index (χ0) is 15.5. The maximum atomic E-state index is 12.2. The van der Waals surface area contributed by atoms with Crippen LogP contribution < -0.4 is 5.32 Å². The topological polar surface area (TPSA) is 66.4 Å². The van der Waals surface area contributed by atoms with E-state index in [4.69, 9.17) is 0 Å². The van der Waals surface area contributed by atoms with Gasteiger partial charge in [0.05, 0.1) is 11.8 Å². The Morgan fingerprint density at radius 1 is 1.38 bits per heavy atom. The molecule has 1 fully saturated rings. The Balaban J connectivity index is 2.02. The maximum Gasteiger partial charge on any atom is 0.311 e. The Kier molecular flexibility index (Phi) is 4.66. The molecule has 2 atom stereocenters. The second kappa shape index (κ2) is 6.29. The molecule has 1 amide bonds. The van der Waals surface area contributed by atoms with Crippen LogP contribution in [0.3, 0.4) is 0 Å². The van der Waals surface area contributed by atoms with Crippen molar-refractivity contribution >= 4 is 11.9 Å². The lowest BCUT2D eigenvalue weighted by Gasteiger charge is -2.38. The third kappa shape index (κ3) is 3.63. The molecule has 1 aliphatic rings. The van der Waals surface area contributed by atoms with Crippen molar-refractivity contribution in [2.24, 2.45) is 5.41 Å². The molecule has 114 valence electrons. The van der Waals surface area contributed by atoms with Gasteiger partial charge in [-0.1, -0.05) is 42.7 Å². The van der Waals surface area contributed by atoms with Gasteiger partial charge in [-0.2, -0.15) is 0 Å². The summed E-state index contributed by atoms with van der Waals surface area (Å²) >= 11 is 0. The number of carbonyl (C=O) groups excluding carboxylic acids is 1. The lowest BCUT2D eigenvalue weighted by atomic mass is 9.71. The quantitative estimate of drug-likeness (QED) is 0.895. The fourth-order valence-electron chi connectivity index (χ4n) is 3.07. The van der Waals surface area contributed by atoms with Crippen LogP contribution in [0.25, 0.3) is 0 Å². The molecule has 0 heterocycles. The highest BCUT2D eigenvalue weighted by molar-refractivity contribution is 5.81. The van der Waals surface area contributed by atoms with Crippen molar-refractivity contribution in [2.45, 2.75) is 52.0 Å². The van der Waals surface area contributed by atoms with E-state index in [-0.39, 0.29) is 11.9 Å². The van der Waals surface area contributed by atoms with Gasteiger partial charge in [-0.05, 0) is 32.3 Å². The largest absolute Gasteiger partial charge is 0.481 e. The minimum absolute atomic E-state index is 0.0972. The van der Waals surface area contributed by atoms with Gasteiger partial charge in [0.2, 0.25) is 5.91 Å². The van der Waals surface area contributed by atoms with Crippen LogP contribution in [-0.4, -0.2) is 23.0 Å². The lowest BCUT2D eigenvalue weighted by Crippen LogP contribution is -2.52. The van der Waals surface area contributed by atoms with Crippen LogP contribution >= 0.6 is 0 Å². The average Bonchev–Trinajstić information content (AvgIpc) is 2.41. The number of aliphatic carboxylic acids is 1. The standard InChI is InChI=1S/C17H23NO3/c1-12-6-5-7-13(10-12)11-15(19)18-14-8-3-4-9-17(14,2)16(20)21/h5-7,10,14H,3-4,8-9,11H2,1-2H3,(H,18,19)(H,20,21). The minimum Gasteiger partial charge on any atom is -0.481 e. The molecule has 0 radical (unpaired) electrons. The zero-order valence-corrected chi connectivity index (χ0v) is 12.7. The molecule has 2 N–H and O–H groups in total. The first-order valence-corrected chi connectivity index (χ1v) is 7.50. The van der Waals surface area contributed by atoms with Gasteiger partial charge in [0.15, 0.2) is 0 Å². The Morgan fingerprint density at radius 3 is 2.81 bits per heavy atom. The molecule has 0 saturated heterocycles. The predicted molar refractivity (Wildman–Crippen MR) is 81.0 cm³/mol. The number of carboxylic acids is 1. The molecule has 1 aliphatic carbocycles. The number of carbonyl (C=O) groups is 2. The van der Waals surface area contributed by atoms with Gasteiger partial charge in [-0.25, -0.2) is 0 Å². The molecule has 1 aromatic carbocycles. The van der Waals surface area contributed by atoms with E-state index in [9.17, 15) is 14.7 Å². The van der Waals surface area contributed by atoms with E-state index in [0.29, 0.717) is 12.8 Å². The van der Waals surface area contributed by atoms with Gasteiger partial charge in [0, 0.05) is 6.04 Å². The second-order valence-electron chi connectivity index (χ2n) is 6.25. The summed E-state index contributed by atoms with van der Waals surface area (Å²) in [5.41, 5.74) is 1.23. The Hall–Kier alpha value is -1.84. The van der Waals surface area contributed by atoms with Crippen LogP contribution in [0.5, 0.6) is 0 Å². The van der Waals surface area contributed by atoms with Crippen molar-refractivity contribution in [3.63, 3.8) is 0 Å². The van der Waals surface area contributed by atoms with Crippen LogP contribution in [0.1, 0.15) is 43.7 Å². The molecule has 0 spiro atoms. The predicted octanol–water partition coefficient (Wildman–Crippen LogP) is 2.69. The van der Waals surface area contributed by atoms with Crippen LogP contribution in [0.15, 0.2) is 24.3 Å². The number of carboxylic acid groups (broad SMARTS) is 1. The van der Waals surface area contributed by atoms with Gasteiger partial charge in [-0.15, -0.1) is 0 Å². The summed E-state index contributed by atoms with van der Waals surface area (Å²) in [4.78, 5) is 23.7. The average molecular weight is 289 g/mol. The van der Waals surface area contributed by atoms with Crippen molar-refractivity contribution in [1.29, 1.82) is 0 Å². The minimum atomic E-state index is -0.847. The Morgan fingerprint density at radius 2 is 2.14 bits per heavy atom. The molecule has 21 heavy (non-hydrogen) atoms. The Labute approximate surface area is 125 Å². The van der Waals surface area contributed by atoms with Crippen molar-refractivity contribution in [1.82, 2.24) is 5.32 Å². The zero-order valence-electron chi connectivity index (χ0n) is 12.7. The number of aryl methyl sites for hydroxylation is 1. The highest BCUT2D eigenvalue weighted by Crippen LogP contribution is 2.36. The van der Waals surface area contributed by atoms with Crippen molar-refractivity contribution in [3.05, 3.63) is 35.4 Å². The van der Waals surface area contributed by atoms with Gasteiger partial charge in [0.25, 0.3) is 0 Å². The molecular formula is C17H23NO3. The van der Waals surface area contributed by atoms with Gasteiger partial charge in [-0.3, -0.25) is 9.59 Å². The highest BCUT2D eigenvalue weighted by atomic mass is 16.4. The summed E-state index contributed by atoms with van der Waals surface area (Å²) < 4.78 is 0. The molecule has 1 saturated carbocycles. The Bertz CT molecular complexity index is 541. The number of rotatable bonds is 4. The van der Waals surface area contributed by atoms with Crippen LogP contribution in [0.2, 0.25) is 0 Å². The highest BCUT2D eigenvalue weighted by Gasteiger charge is 2.43. The fraction of sp³-hybridized carbons (Fsp3) is 0.529. The van der Waals surface area contributed by atoms with E-state index in [2.05, 4.69) is 5.32 Å². The number of benzene rings is 1. The molecule has 2 rings (SSSR count). The molecule has 0 aromatic heterocycles. The van der Waals surface area contributed by atoms with Gasteiger partial charge >= 0.3 is 5.97 Å². The van der Waals surface area contributed by atoms with E-state index in [0.717, 1.165) is 30.4 Å². The van der Waals surface area contributed by atoms with E-state index < -0.39 is 11.4 Å². The van der Waals surface area contributed by atoms with Gasteiger partial charge < -0.3 is 10.4 Å². The molecule has 0 bridgehead atoms. The summed E-state index contributed by atoms with van der Waals surface area (Å²) in [6.45, 7) is 3.73. The van der Waals surface area contributed by atoms with E-state index in [1.54, 1.807) is 6.92 Å². The molecule has 2 unspecified atom stereocenters. The third-order valence-corrected chi connectivity index (χ3v) is 4.48. The second-order valence-corrected chi connectivity index (χ2v) is 6.25. The van der Waals surface area contributed by atoms with Crippen LogP contribution in [0.4, 0.5) is 0 Å². The van der Waals surface area contributed by atoms with Crippen molar-refractivity contribution in [2.75, 3.05) is 0 Å². The molecule has 1 aromatic rings. The lowest BCUT2D eigenvalue weighted by molar-refractivity contribution is -0.152. The van der Waals surface area contributed by atoms with Crippen molar-refractivity contribution in [3.8, 4) is 0 Å². The first-order chi connectivity index (χ1) is 9.91. The summed E-state index contributed by atoms with van der Waals surface area (Å²) in [6.07, 6.45) is 3.54. The molecule has 4 heteroatoms. The summed E-state index contributed by atoms with van der Waals surface area (Å²) in [5.74, 6) is -0.914. The number of hydrogen-bond acceptors (Lipinski definition) is 2. The van der Waals surface area contributed by atoms with Crippen LogP contribution in [-0.2, 0) is 16.0 Å². The molecular weight excluding hydrogens is 266 g/mol. The SMILES string of the molecule is Cc1cccc(CC(=O)NC2CCCCC2(C)C(=O)O)c1. The molecule has 4 nitrogen and oxygen atoms in total. The van der Waals surface area contributed by atoms with E-state index in [1.165, 1.54) is 0 Å². The summed E-state index contributed by atoms with van der Waals surface area (Å²) in [7, 11) is 0. The molecule has 0 aliphatic heterocycles. The number of nitrogens with one attached hydrogen (secondary N) is 1. The number of hydrogen-bond donors (Lipinski definition) is 2. The van der Waals surface area contributed by atoms with E-state index in [1.807, 2.05) is 31.2 Å². The van der Waals surface area contributed by atoms with Crippen LogP contribution in [0, 0.1) is 12.3 Å². The van der Waals surface area contributed by atoms with Gasteiger partial charge in [0.1, 0.15) is 0 Å². The number of amides is 1. The maximum absolute atomic E-state index is 12.2. The smallest absolute Gasteiger partial charge is 0.311 e. The summed E-state index contributed by atoms with van der Waals surface area (Å²) in [5, 5.41) is 12.4. The fourth-order valence-corrected chi connectivity index (χ4v) is 3.07. The summed E-state index contributed by atoms with van der Waals surface area (Å²) in [6, 6.07) is 7.55.